The van der Waals surface area contributed by atoms with Gasteiger partial charge in [-0.15, -0.1) is 0 Å². The Bertz CT molecular complexity index is 971. The molecular weight excluding hydrogens is 408 g/mol. The molecule has 1 saturated carbocycles. The second-order valence-corrected chi connectivity index (χ2v) is 8.29. The molecule has 1 heterocycles. The van der Waals surface area contributed by atoms with Crippen LogP contribution in [0.3, 0.4) is 0 Å². The number of ether oxygens (including phenoxy) is 3. The lowest BCUT2D eigenvalue weighted by Gasteiger charge is -2.19. The fourth-order valence-corrected chi connectivity index (χ4v) is 4.40. The summed E-state index contributed by atoms with van der Waals surface area (Å²) in [6.07, 6.45) is 5.01. The summed E-state index contributed by atoms with van der Waals surface area (Å²) < 4.78 is 16.8. The fraction of sp³-hybridized carbons (Fsp3) is 0.440. The Morgan fingerprint density at radius 1 is 1.03 bits per heavy atom. The second-order valence-electron chi connectivity index (χ2n) is 8.29. The van der Waals surface area contributed by atoms with E-state index in [9.17, 15) is 9.59 Å². The number of amides is 2. The number of carbonyl (C=O) groups excluding carboxylic acids is 2. The zero-order chi connectivity index (χ0) is 22.5. The molecule has 2 aliphatic rings. The van der Waals surface area contributed by atoms with Crippen LogP contribution in [0.1, 0.15) is 37.7 Å². The summed E-state index contributed by atoms with van der Waals surface area (Å²) in [5.74, 6) is 1.35. The number of nitrogens with one attached hydrogen (secondary N) is 1. The zero-order valence-electron chi connectivity index (χ0n) is 18.6. The van der Waals surface area contributed by atoms with Gasteiger partial charge in [0.25, 0.3) is 0 Å². The van der Waals surface area contributed by atoms with Crippen molar-refractivity contribution < 1.29 is 23.8 Å². The van der Waals surface area contributed by atoms with E-state index in [4.69, 9.17) is 14.2 Å². The number of carbonyl (C=O) groups is 2. The van der Waals surface area contributed by atoms with Gasteiger partial charge in [0.15, 0.2) is 11.5 Å². The smallest absolute Gasteiger partial charge is 0.227 e. The highest BCUT2D eigenvalue weighted by Crippen LogP contribution is 2.34. The van der Waals surface area contributed by atoms with Gasteiger partial charge in [0.05, 0.1) is 26.2 Å². The molecule has 4 rings (SSSR count). The second kappa shape index (κ2) is 9.94. The molecule has 1 saturated heterocycles. The molecule has 1 unspecified atom stereocenters. The van der Waals surface area contributed by atoms with Crippen LogP contribution in [0.15, 0.2) is 42.5 Å². The molecule has 170 valence electrons. The standard InChI is InChI=1S/C25H30N2O5/c1-30-22-12-11-19(14-23(22)31-2)27-16-18(13-24(27)28)25(29)26-15-17-7-3-6-10-21(17)32-20-8-4-5-9-20/h3,6-7,10-12,14,18,20H,4-5,8-9,13,15-16H2,1-2H3,(H,26,29). The minimum atomic E-state index is -0.404. The Balaban J connectivity index is 1.38. The molecule has 1 aliphatic heterocycles. The molecule has 1 aliphatic carbocycles. The molecule has 7 heteroatoms. The van der Waals surface area contributed by atoms with Crippen molar-refractivity contribution in [3.63, 3.8) is 0 Å². The van der Waals surface area contributed by atoms with Gasteiger partial charge in [0.2, 0.25) is 11.8 Å². The molecule has 1 N–H and O–H groups in total. The molecule has 0 radical (unpaired) electrons. The van der Waals surface area contributed by atoms with Crippen molar-refractivity contribution in [2.75, 3.05) is 25.7 Å². The first-order chi connectivity index (χ1) is 15.6. The van der Waals surface area contributed by atoms with E-state index in [1.165, 1.54) is 12.8 Å². The minimum absolute atomic E-state index is 0.0812. The van der Waals surface area contributed by atoms with Gasteiger partial charge in [0, 0.05) is 36.8 Å². The van der Waals surface area contributed by atoms with Crippen molar-refractivity contribution in [1.82, 2.24) is 5.32 Å². The van der Waals surface area contributed by atoms with Gasteiger partial charge in [-0.05, 0) is 43.9 Å². The van der Waals surface area contributed by atoms with E-state index in [-0.39, 0.29) is 24.3 Å². The topological polar surface area (TPSA) is 77.1 Å². The molecule has 0 spiro atoms. The highest BCUT2D eigenvalue weighted by molar-refractivity contribution is 6.00. The summed E-state index contributed by atoms with van der Waals surface area (Å²) in [6.45, 7) is 0.711. The third-order valence-electron chi connectivity index (χ3n) is 6.20. The summed E-state index contributed by atoms with van der Waals surface area (Å²) in [4.78, 5) is 27.1. The maximum Gasteiger partial charge on any atom is 0.227 e. The molecular formula is C25H30N2O5. The maximum atomic E-state index is 12.8. The number of para-hydroxylation sites is 1. The average Bonchev–Trinajstić information content (AvgIpc) is 3.47. The summed E-state index contributed by atoms with van der Waals surface area (Å²) >= 11 is 0. The average molecular weight is 439 g/mol. The van der Waals surface area contributed by atoms with Crippen molar-refractivity contribution >= 4 is 17.5 Å². The van der Waals surface area contributed by atoms with Crippen LogP contribution >= 0.6 is 0 Å². The predicted molar refractivity (Wildman–Crippen MR) is 121 cm³/mol. The van der Waals surface area contributed by atoms with Crippen LogP contribution in [0, 0.1) is 5.92 Å². The Hall–Kier alpha value is -3.22. The van der Waals surface area contributed by atoms with Crippen molar-refractivity contribution in [1.29, 1.82) is 0 Å². The molecule has 32 heavy (non-hydrogen) atoms. The van der Waals surface area contributed by atoms with Gasteiger partial charge in [-0.3, -0.25) is 9.59 Å². The predicted octanol–water partition coefficient (Wildman–Crippen LogP) is 3.69. The molecule has 7 nitrogen and oxygen atoms in total. The van der Waals surface area contributed by atoms with Crippen LogP contribution in [0.25, 0.3) is 0 Å². The number of nitrogens with zero attached hydrogens (tertiary/aromatic N) is 1. The lowest BCUT2D eigenvalue weighted by atomic mass is 10.1. The monoisotopic (exact) mass is 438 g/mol. The van der Waals surface area contributed by atoms with Gasteiger partial charge >= 0.3 is 0 Å². The van der Waals surface area contributed by atoms with E-state index < -0.39 is 5.92 Å². The zero-order valence-corrected chi connectivity index (χ0v) is 18.6. The largest absolute Gasteiger partial charge is 0.493 e. The van der Waals surface area contributed by atoms with Crippen LogP contribution in [-0.2, 0) is 16.1 Å². The highest BCUT2D eigenvalue weighted by atomic mass is 16.5. The molecule has 0 aromatic heterocycles. The summed E-state index contributed by atoms with van der Waals surface area (Å²) in [5, 5.41) is 3.00. The first-order valence-corrected chi connectivity index (χ1v) is 11.1. The molecule has 2 aromatic carbocycles. The van der Waals surface area contributed by atoms with Crippen molar-refractivity contribution in [2.45, 2.75) is 44.8 Å². The van der Waals surface area contributed by atoms with Crippen LogP contribution < -0.4 is 24.4 Å². The van der Waals surface area contributed by atoms with Crippen molar-refractivity contribution in [3.8, 4) is 17.2 Å². The van der Waals surface area contributed by atoms with Crippen LogP contribution in [-0.4, -0.2) is 38.7 Å². The van der Waals surface area contributed by atoms with E-state index in [0.29, 0.717) is 30.3 Å². The van der Waals surface area contributed by atoms with Crippen LogP contribution in [0.5, 0.6) is 17.2 Å². The molecule has 2 amide bonds. The van der Waals surface area contributed by atoms with Gasteiger partial charge in [-0.2, -0.15) is 0 Å². The Labute approximate surface area is 188 Å². The van der Waals surface area contributed by atoms with E-state index >= 15 is 0 Å². The number of hydrogen-bond acceptors (Lipinski definition) is 5. The highest BCUT2D eigenvalue weighted by Gasteiger charge is 2.35. The minimum Gasteiger partial charge on any atom is -0.493 e. The summed E-state index contributed by atoms with van der Waals surface area (Å²) in [6, 6.07) is 13.1. The lowest BCUT2D eigenvalue weighted by molar-refractivity contribution is -0.126. The van der Waals surface area contributed by atoms with E-state index in [2.05, 4.69) is 5.32 Å². The Morgan fingerprint density at radius 3 is 2.53 bits per heavy atom. The van der Waals surface area contributed by atoms with Gasteiger partial charge in [-0.25, -0.2) is 0 Å². The van der Waals surface area contributed by atoms with Gasteiger partial charge in [0.1, 0.15) is 5.75 Å². The fourth-order valence-electron chi connectivity index (χ4n) is 4.40. The van der Waals surface area contributed by atoms with Crippen LogP contribution in [0.2, 0.25) is 0 Å². The molecule has 2 aromatic rings. The molecule has 1 atom stereocenters. The number of benzene rings is 2. The Morgan fingerprint density at radius 2 is 1.78 bits per heavy atom. The summed E-state index contributed by atoms with van der Waals surface area (Å²) in [5.41, 5.74) is 1.65. The van der Waals surface area contributed by atoms with Crippen molar-refractivity contribution in [2.24, 2.45) is 5.92 Å². The lowest BCUT2D eigenvalue weighted by Crippen LogP contribution is -2.32. The Kier molecular flexibility index (Phi) is 6.83. The van der Waals surface area contributed by atoms with E-state index in [1.54, 1.807) is 37.3 Å². The van der Waals surface area contributed by atoms with Crippen LogP contribution in [0.4, 0.5) is 5.69 Å². The number of anilines is 1. The SMILES string of the molecule is COc1ccc(N2CC(C(=O)NCc3ccccc3OC3CCCC3)CC2=O)cc1OC. The number of methoxy groups -OCH3 is 2. The van der Waals surface area contributed by atoms with E-state index in [0.717, 1.165) is 24.2 Å². The molecule has 2 fully saturated rings. The molecule has 0 bridgehead atoms. The third-order valence-corrected chi connectivity index (χ3v) is 6.20. The normalized spacial score (nSPS) is 18.6. The van der Waals surface area contributed by atoms with Gasteiger partial charge in [-0.1, -0.05) is 18.2 Å². The number of rotatable bonds is 8. The van der Waals surface area contributed by atoms with Crippen molar-refractivity contribution in [3.05, 3.63) is 48.0 Å². The third kappa shape index (κ3) is 4.82. The first kappa shape index (κ1) is 22.0. The quantitative estimate of drug-likeness (QED) is 0.680. The summed E-state index contributed by atoms with van der Waals surface area (Å²) in [7, 11) is 3.12. The maximum absolute atomic E-state index is 12.8. The van der Waals surface area contributed by atoms with E-state index in [1.807, 2.05) is 24.3 Å². The first-order valence-electron chi connectivity index (χ1n) is 11.1. The van der Waals surface area contributed by atoms with Gasteiger partial charge < -0.3 is 24.4 Å². The number of hydrogen-bond donors (Lipinski definition) is 1.